The molecule has 1 atom stereocenters. The molecular weight excluding hydrogens is 201 g/mol. The van der Waals surface area contributed by atoms with Crippen molar-refractivity contribution in [2.45, 2.75) is 26.3 Å². The van der Waals surface area contributed by atoms with Crippen LogP contribution >= 0.6 is 21.0 Å². The number of halogens is 1. The Balaban J connectivity index is 2.98. The quantitative estimate of drug-likeness (QED) is 0.555. The topological polar surface area (TPSA) is 12.0 Å². The van der Waals surface area contributed by atoms with Crippen LogP contribution in [0.5, 0.6) is 0 Å². The van der Waals surface area contributed by atoms with E-state index in [9.17, 15) is 0 Å². The van der Waals surface area contributed by atoms with Crippen LogP contribution in [0.4, 0.5) is 0 Å². The van der Waals surface area contributed by atoms with Crippen LogP contribution in [-0.4, -0.2) is 10.6 Å². The maximum absolute atomic E-state index is 3.77. The van der Waals surface area contributed by atoms with E-state index in [-0.39, 0.29) is 21.0 Å². The molecule has 0 rings (SSSR count). The molecule has 0 aliphatic carbocycles. The highest BCUT2D eigenvalue weighted by Crippen LogP contribution is 1.92. The maximum atomic E-state index is 3.77. The third-order valence-corrected chi connectivity index (χ3v) is 2.38. The fourth-order valence-electron chi connectivity index (χ4n) is 0.209. The van der Waals surface area contributed by atoms with Gasteiger partial charge in [-0.15, -0.1) is 0 Å². The second-order valence-electron chi connectivity index (χ2n) is 1.55. The summed E-state index contributed by atoms with van der Waals surface area (Å²) in [6.45, 7) is 4.36. The van der Waals surface area contributed by atoms with Crippen LogP contribution in [0.2, 0.25) is 0 Å². The van der Waals surface area contributed by atoms with Gasteiger partial charge in [-0.05, 0) is 34.3 Å². The minimum absolute atomic E-state index is 0.0608. The fourth-order valence-corrected chi connectivity index (χ4v) is 1.40. The largest absolute Gasteiger partial charge is 0.264 e. The minimum atomic E-state index is 0.0608. The van der Waals surface area contributed by atoms with Crippen molar-refractivity contribution >= 4 is 25.5 Å². The smallest absolute Gasteiger partial charge is 0.0128 e. The van der Waals surface area contributed by atoms with E-state index in [4.69, 9.17) is 0 Å². The summed E-state index contributed by atoms with van der Waals surface area (Å²) in [4.78, 5) is 0. The lowest BCUT2D eigenvalue weighted by molar-refractivity contribution is 0.686. The molecule has 0 spiro atoms. The van der Waals surface area contributed by atoms with Crippen LogP contribution in [0.25, 0.3) is 0 Å². The Kier molecular flexibility index (Phi) is 5.09. The van der Waals surface area contributed by atoms with Crippen molar-refractivity contribution in [3.8, 4) is 0 Å². The van der Waals surface area contributed by atoms with E-state index in [1.807, 2.05) is 0 Å². The highest BCUT2D eigenvalue weighted by Gasteiger charge is 1.89. The van der Waals surface area contributed by atoms with Crippen molar-refractivity contribution in [3.05, 3.63) is 0 Å². The SMILES string of the molecule is C=INC(C)CC. The first-order valence-corrected chi connectivity index (χ1v) is 5.04. The van der Waals surface area contributed by atoms with Crippen molar-refractivity contribution in [1.82, 2.24) is 3.53 Å². The molecule has 1 N–H and O–H groups in total. The highest BCUT2D eigenvalue weighted by molar-refractivity contribution is 14.2. The van der Waals surface area contributed by atoms with Crippen LogP contribution < -0.4 is 3.53 Å². The van der Waals surface area contributed by atoms with E-state index in [1.54, 1.807) is 0 Å². The van der Waals surface area contributed by atoms with Crippen molar-refractivity contribution in [2.75, 3.05) is 0 Å². The molecule has 0 fully saturated rings. The molecule has 1 nitrogen and oxygen atoms in total. The summed E-state index contributed by atoms with van der Waals surface area (Å²) < 4.78 is 7.07. The van der Waals surface area contributed by atoms with Gasteiger partial charge in [0.2, 0.25) is 0 Å². The number of hydrogen-bond donors (Lipinski definition) is 1. The molecule has 1 unspecified atom stereocenters. The summed E-state index contributed by atoms with van der Waals surface area (Å²) in [7, 11) is 0. The monoisotopic (exact) mass is 213 g/mol. The lowest BCUT2D eigenvalue weighted by Crippen LogP contribution is -2.13. The summed E-state index contributed by atoms with van der Waals surface area (Å²) in [5, 5.41) is 0. The number of rotatable bonds is 3. The Morgan fingerprint density at radius 2 is 2.43 bits per heavy atom. The summed E-state index contributed by atoms with van der Waals surface area (Å²) in [6, 6.07) is 0.685. The van der Waals surface area contributed by atoms with Gasteiger partial charge in [0.05, 0.1) is 0 Å². The minimum Gasteiger partial charge on any atom is -0.264 e. The van der Waals surface area contributed by atoms with Gasteiger partial charge < -0.3 is 0 Å². The van der Waals surface area contributed by atoms with Crippen LogP contribution in [0.3, 0.4) is 0 Å². The van der Waals surface area contributed by atoms with E-state index in [2.05, 4.69) is 21.9 Å². The van der Waals surface area contributed by atoms with E-state index in [1.165, 1.54) is 6.42 Å². The van der Waals surface area contributed by atoms with Gasteiger partial charge >= 0.3 is 0 Å². The predicted molar refractivity (Wildman–Crippen MR) is 44.0 cm³/mol. The third kappa shape index (κ3) is 4.41. The van der Waals surface area contributed by atoms with Crippen LogP contribution in [0.1, 0.15) is 20.3 Å². The first-order chi connectivity index (χ1) is 3.31. The van der Waals surface area contributed by atoms with Gasteiger partial charge in [0.1, 0.15) is 0 Å². The Bertz CT molecular complexity index is 54.0. The normalized spacial score (nSPS) is 14.0. The number of nitrogens with one attached hydrogen (secondary N) is 1. The van der Waals surface area contributed by atoms with Gasteiger partial charge in [-0.3, -0.25) is 3.53 Å². The van der Waals surface area contributed by atoms with Crippen molar-refractivity contribution in [2.24, 2.45) is 0 Å². The molecule has 0 amide bonds. The molecular formula is C5H12IN. The molecule has 0 saturated heterocycles. The van der Waals surface area contributed by atoms with Gasteiger partial charge in [0.15, 0.2) is 0 Å². The molecule has 0 radical (unpaired) electrons. The standard InChI is InChI=1S/C5H12IN/c1-4-5(2)7-6-3/h5,7H,3-4H2,1-2H3. The second-order valence-corrected chi connectivity index (χ2v) is 2.94. The molecule has 0 saturated carbocycles. The van der Waals surface area contributed by atoms with Gasteiger partial charge in [0, 0.05) is 6.04 Å². The third-order valence-electron chi connectivity index (χ3n) is 0.876. The van der Waals surface area contributed by atoms with Gasteiger partial charge in [-0.1, -0.05) is 11.4 Å². The van der Waals surface area contributed by atoms with Gasteiger partial charge in [-0.25, -0.2) is 0 Å². The lowest BCUT2D eigenvalue weighted by atomic mass is 10.3. The Labute approximate surface area is 55.6 Å². The van der Waals surface area contributed by atoms with Gasteiger partial charge in [0.25, 0.3) is 0 Å². The summed E-state index contributed by atoms with van der Waals surface area (Å²) in [6.07, 6.45) is 1.22. The summed E-state index contributed by atoms with van der Waals surface area (Å²) >= 11 is 0.0608. The second kappa shape index (κ2) is 4.71. The van der Waals surface area contributed by atoms with Crippen molar-refractivity contribution in [1.29, 1.82) is 0 Å². The first-order valence-electron chi connectivity index (χ1n) is 2.44. The summed E-state index contributed by atoms with van der Waals surface area (Å²) in [5.41, 5.74) is 0. The van der Waals surface area contributed by atoms with E-state index < -0.39 is 0 Å². The fraction of sp³-hybridized carbons (Fsp3) is 0.800. The molecule has 0 heterocycles. The molecule has 0 aromatic rings. The predicted octanol–water partition coefficient (Wildman–Crippen LogP) is 1.69. The Hall–Kier alpha value is 0.560. The van der Waals surface area contributed by atoms with Crippen LogP contribution in [0, 0.1) is 0 Å². The molecule has 0 bridgehead atoms. The maximum Gasteiger partial charge on any atom is 0.0128 e. The van der Waals surface area contributed by atoms with Crippen molar-refractivity contribution in [3.63, 3.8) is 0 Å². The molecule has 0 aromatic heterocycles. The molecule has 44 valence electrons. The van der Waals surface area contributed by atoms with E-state index >= 15 is 0 Å². The summed E-state index contributed by atoms with van der Waals surface area (Å²) in [5.74, 6) is 0. The molecule has 0 aliphatic rings. The molecule has 0 aliphatic heterocycles. The zero-order chi connectivity index (χ0) is 5.70. The Morgan fingerprint density at radius 1 is 1.86 bits per heavy atom. The zero-order valence-corrected chi connectivity index (χ0v) is 7.03. The van der Waals surface area contributed by atoms with Crippen LogP contribution in [0.15, 0.2) is 0 Å². The van der Waals surface area contributed by atoms with Crippen molar-refractivity contribution < 1.29 is 0 Å². The van der Waals surface area contributed by atoms with Crippen LogP contribution in [-0.2, 0) is 0 Å². The molecule has 2 heteroatoms. The average molecular weight is 213 g/mol. The number of hydrogen-bond acceptors (Lipinski definition) is 1. The Morgan fingerprint density at radius 3 is 2.57 bits per heavy atom. The van der Waals surface area contributed by atoms with E-state index in [0.717, 1.165) is 0 Å². The first kappa shape index (κ1) is 7.56. The van der Waals surface area contributed by atoms with Gasteiger partial charge in [-0.2, -0.15) is 0 Å². The highest BCUT2D eigenvalue weighted by atomic mass is 127. The molecule has 7 heavy (non-hydrogen) atoms. The average Bonchev–Trinajstić information content (AvgIpc) is 1.68. The van der Waals surface area contributed by atoms with E-state index in [0.29, 0.717) is 6.04 Å². The lowest BCUT2D eigenvalue weighted by Gasteiger charge is -2.02. The molecule has 0 aromatic carbocycles. The zero-order valence-electron chi connectivity index (χ0n) is 4.87.